The number of rotatable bonds is 4. The lowest BCUT2D eigenvalue weighted by atomic mass is 9.43. The number of carbonyl (C=O) groups is 2. The number of thioether (sulfide) groups is 1. The Balaban J connectivity index is 1.41. The lowest BCUT2D eigenvalue weighted by Crippen LogP contribution is -2.69. The predicted molar refractivity (Wildman–Crippen MR) is 140 cm³/mol. The summed E-state index contributed by atoms with van der Waals surface area (Å²) in [5.74, 6) is -1.71. The first kappa shape index (κ1) is 26.3. The van der Waals surface area contributed by atoms with Gasteiger partial charge in [0.1, 0.15) is 12.2 Å². The zero-order chi connectivity index (χ0) is 27.1. The average molecular weight is 546 g/mol. The summed E-state index contributed by atoms with van der Waals surface area (Å²) in [4.78, 5) is 28.1. The van der Waals surface area contributed by atoms with E-state index >= 15 is 8.78 Å². The quantitative estimate of drug-likeness (QED) is 0.562. The summed E-state index contributed by atoms with van der Waals surface area (Å²) >= 11 is 0.667. The highest BCUT2D eigenvalue weighted by atomic mass is 32.2. The van der Waals surface area contributed by atoms with Crippen LogP contribution in [0.1, 0.15) is 38.7 Å². The number of allylic oxidation sites excluding steroid dienone is 4. The monoisotopic (exact) mass is 545 g/mol. The molecule has 1 saturated heterocycles. The first-order chi connectivity index (χ1) is 18.0. The third kappa shape index (κ3) is 3.26. The molecular weight excluding hydrogens is 511 g/mol. The Hall–Kier alpha value is -1.90. The molecule has 1 aliphatic heterocycles. The maximum Gasteiger partial charge on any atom is 0.199 e. The average Bonchev–Trinajstić information content (AvgIpc) is 3.35. The molecule has 4 fully saturated rings. The van der Waals surface area contributed by atoms with Crippen LogP contribution in [0.25, 0.3) is 0 Å². The summed E-state index contributed by atoms with van der Waals surface area (Å²) in [5, 5.41) is 11.4. The molecule has 1 aromatic rings. The van der Waals surface area contributed by atoms with E-state index < -0.39 is 46.1 Å². The number of hydrogen-bond acceptors (Lipinski definition) is 5. The van der Waals surface area contributed by atoms with Crippen LogP contribution in [-0.2, 0) is 16.1 Å². The molecule has 8 heteroatoms. The molecule has 0 unspecified atom stereocenters. The number of alkyl halides is 3. The summed E-state index contributed by atoms with van der Waals surface area (Å²) in [6.07, 6.45) is 1.33. The van der Waals surface area contributed by atoms with Gasteiger partial charge in [-0.2, -0.15) is 0 Å². The van der Waals surface area contributed by atoms with Gasteiger partial charge in [0, 0.05) is 31.0 Å². The maximum absolute atomic E-state index is 17.5. The van der Waals surface area contributed by atoms with Gasteiger partial charge in [0.15, 0.2) is 16.6 Å². The van der Waals surface area contributed by atoms with Gasteiger partial charge in [-0.05, 0) is 66.7 Å². The van der Waals surface area contributed by atoms with Crippen LogP contribution >= 0.6 is 11.8 Å². The number of benzene rings is 1. The number of aliphatic hydroxyl groups is 1. The third-order valence-corrected chi connectivity index (χ3v) is 11.8. The Labute approximate surface area is 225 Å². The second-order valence-corrected chi connectivity index (χ2v) is 13.3. The highest BCUT2D eigenvalue weighted by Gasteiger charge is 2.78. The predicted octanol–water partition coefficient (Wildman–Crippen LogP) is 5.22. The summed E-state index contributed by atoms with van der Waals surface area (Å²) < 4.78 is 46.8. The molecule has 4 nitrogen and oxygen atoms in total. The maximum atomic E-state index is 17.5. The van der Waals surface area contributed by atoms with Crippen molar-refractivity contribution in [3.05, 3.63) is 59.7 Å². The topological polar surface area (TPSA) is 57.6 Å². The van der Waals surface area contributed by atoms with Crippen molar-refractivity contribution in [1.29, 1.82) is 0 Å². The van der Waals surface area contributed by atoms with E-state index in [9.17, 15) is 19.1 Å². The van der Waals surface area contributed by atoms with E-state index in [0.29, 0.717) is 37.8 Å². The van der Waals surface area contributed by atoms with Gasteiger partial charge in [0.25, 0.3) is 0 Å². The van der Waals surface area contributed by atoms with Crippen LogP contribution in [0.2, 0.25) is 0 Å². The highest BCUT2D eigenvalue weighted by Crippen LogP contribution is 2.75. The molecule has 0 aromatic heterocycles. The van der Waals surface area contributed by atoms with Gasteiger partial charge in [0.05, 0.1) is 11.5 Å². The first-order valence-corrected chi connectivity index (χ1v) is 14.5. The summed E-state index contributed by atoms with van der Waals surface area (Å²) in [5.41, 5.74) is -4.22. The zero-order valence-corrected chi connectivity index (χ0v) is 22.5. The van der Waals surface area contributed by atoms with Crippen LogP contribution in [0.3, 0.4) is 0 Å². The van der Waals surface area contributed by atoms with Crippen molar-refractivity contribution < 1.29 is 27.9 Å². The summed E-state index contributed by atoms with van der Waals surface area (Å²) in [6, 6.07) is 9.10. The SMILES string of the molecule is C[C@]12C=CC(=O)C=C1[C@@H](F)C[C@H]1[C@@H]3C[C@H]4CN(Cc5ccccc5)C[C@@]4(C(=O)SCF)[C@@]3(C)C[C@H](O)[C@@]12F. The van der Waals surface area contributed by atoms with Crippen molar-refractivity contribution in [2.75, 3.05) is 19.1 Å². The number of carbonyl (C=O) groups excluding carboxylic acids is 2. The molecule has 3 saturated carbocycles. The molecule has 5 aliphatic rings. The Bertz CT molecular complexity index is 1220. The number of likely N-dealkylation sites (tertiary alicyclic amines) is 1. The van der Waals surface area contributed by atoms with Crippen LogP contribution in [0.4, 0.5) is 13.2 Å². The first-order valence-electron chi connectivity index (χ1n) is 13.5. The molecule has 0 spiro atoms. The molecule has 0 radical (unpaired) electrons. The molecule has 204 valence electrons. The van der Waals surface area contributed by atoms with Gasteiger partial charge in [-0.1, -0.05) is 55.1 Å². The molecule has 9 atom stereocenters. The van der Waals surface area contributed by atoms with Gasteiger partial charge in [-0.15, -0.1) is 0 Å². The van der Waals surface area contributed by atoms with Gasteiger partial charge < -0.3 is 5.11 Å². The number of aliphatic hydroxyl groups excluding tert-OH is 1. The van der Waals surface area contributed by atoms with E-state index in [4.69, 9.17) is 0 Å². The van der Waals surface area contributed by atoms with E-state index in [-0.39, 0.29) is 41.1 Å². The van der Waals surface area contributed by atoms with Gasteiger partial charge in [0.2, 0.25) is 0 Å². The molecule has 1 heterocycles. The molecule has 6 rings (SSSR count). The minimum atomic E-state index is -2.18. The van der Waals surface area contributed by atoms with Gasteiger partial charge in [-0.25, -0.2) is 13.2 Å². The minimum Gasteiger partial charge on any atom is -0.390 e. The lowest BCUT2D eigenvalue weighted by molar-refractivity contribution is -0.210. The second kappa shape index (κ2) is 8.80. The van der Waals surface area contributed by atoms with E-state index in [1.54, 1.807) is 6.92 Å². The molecule has 1 aromatic carbocycles. The van der Waals surface area contributed by atoms with Crippen LogP contribution in [0, 0.1) is 34.0 Å². The van der Waals surface area contributed by atoms with Crippen molar-refractivity contribution in [2.45, 2.75) is 57.6 Å². The van der Waals surface area contributed by atoms with E-state index in [1.807, 2.05) is 37.3 Å². The van der Waals surface area contributed by atoms with Crippen molar-refractivity contribution in [1.82, 2.24) is 4.90 Å². The number of hydrogen-bond donors (Lipinski definition) is 1. The fourth-order valence-electron chi connectivity index (χ4n) is 9.35. The standard InChI is InChI=1S/C30H34F3NO3S/c1-27-9-8-20(35)11-23(27)24(32)12-22-21-10-19-15-34(14-18-6-4-3-5-7-18)16-29(19,26(37)38-17-31)28(21,2)13-25(36)30(22,27)33/h3-9,11,19,21-22,24-25,36H,10,12-17H2,1-2H3/t19-,21-,22-,24-,25-,27-,28-,29+,30-/m0/s1. The van der Waals surface area contributed by atoms with Crippen molar-refractivity contribution in [2.24, 2.45) is 34.0 Å². The van der Waals surface area contributed by atoms with Crippen molar-refractivity contribution >= 4 is 22.7 Å². The zero-order valence-electron chi connectivity index (χ0n) is 21.7. The Morgan fingerprint density at radius 2 is 1.92 bits per heavy atom. The fraction of sp³-hybridized carbons (Fsp3) is 0.600. The highest BCUT2D eigenvalue weighted by molar-refractivity contribution is 8.13. The molecule has 0 bridgehead atoms. The van der Waals surface area contributed by atoms with Crippen LogP contribution in [0.5, 0.6) is 0 Å². The summed E-state index contributed by atoms with van der Waals surface area (Å²) in [6.45, 7) is 5.19. The molecule has 4 aliphatic carbocycles. The molecular formula is C30H34F3NO3S. The van der Waals surface area contributed by atoms with E-state index in [0.717, 1.165) is 5.56 Å². The number of halogens is 3. The number of fused-ring (bicyclic) bond motifs is 7. The third-order valence-electron chi connectivity index (χ3n) is 11.0. The molecule has 1 N–H and O–H groups in total. The van der Waals surface area contributed by atoms with Crippen LogP contribution in [-0.4, -0.2) is 57.9 Å². The Morgan fingerprint density at radius 3 is 2.63 bits per heavy atom. The normalized spacial score (nSPS) is 45.7. The second-order valence-electron chi connectivity index (χ2n) is 12.5. The molecule has 38 heavy (non-hydrogen) atoms. The largest absolute Gasteiger partial charge is 0.390 e. The van der Waals surface area contributed by atoms with E-state index in [1.165, 1.54) is 18.2 Å². The van der Waals surface area contributed by atoms with Gasteiger partial charge >= 0.3 is 0 Å². The van der Waals surface area contributed by atoms with Crippen molar-refractivity contribution in [3.63, 3.8) is 0 Å². The molecule has 0 amide bonds. The minimum absolute atomic E-state index is 0.0283. The van der Waals surface area contributed by atoms with Gasteiger partial charge in [-0.3, -0.25) is 14.5 Å². The number of ketones is 1. The van der Waals surface area contributed by atoms with Crippen molar-refractivity contribution in [3.8, 4) is 0 Å². The number of nitrogens with zero attached hydrogens (tertiary/aromatic N) is 1. The Morgan fingerprint density at radius 1 is 1.18 bits per heavy atom. The smallest absolute Gasteiger partial charge is 0.199 e. The lowest BCUT2D eigenvalue weighted by Gasteiger charge is -2.63. The van der Waals surface area contributed by atoms with Crippen LogP contribution < -0.4 is 0 Å². The summed E-state index contributed by atoms with van der Waals surface area (Å²) in [7, 11) is 0. The van der Waals surface area contributed by atoms with Crippen LogP contribution in [0.15, 0.2) is 54.1 Å². The van der Waals surface area contributed by atoms with E-state index in [2.05, 4.69) is 4.90 Å². The fourth-order valence-corrected chi connectivity index (χ4v) is 10.2. The Kier molecular flexibility index (Phi) is 6.10.